The molecule has 2 aliphatic rings. The van der Waals surface area contributed by atoms with Crippen LogP contribution >= 0.6 is 0 Å². The van der Waals surface area contributed by atoms with Crippen LogP contribution in [0.1, 0.15) is 44.9 Å². The lowest BCUT2D eigenvalue weighted by Gasteiger charge is -2.30. The molecule has 1 aliphatic heterocycles. The molecule has 0 unspecified atom stereocenters. The first kappa shape index (κ1) is 19.0. The highest BCUT2D eigenvalue weighted by Gasteiger charge is 2.19. The lowest BCUT2D eigenvalue weighted by Crippen LogP contribution is -2.39. The molecule has 2 fully saturated rings. The molecule has 0 radical (unpaired) electrons. The van der Waals surface area contributed by atoms with Crippen LogP contribution < -0.4 is 15.5 Å². The molecule has 2 N–H and O–H groups in total. The van der Waals surface area contributed by atoms with Crippen LogP contribution in [0.3, 0.4) is 0 Å². The maximum atomic E-state index is 13.7. The largest absolute Gasteiger partial charge is 0.370 e. The minimum atomic E-state index is -0.331. The molecule has 1 aromatic carbocycles. The summed E-state index contributed by atoms with van der Waals surface area (Å²) < 4.78 is 13.7. The molecule has 1 aromatic rings. The molecule has 6 heteroatoms. The average molecular weight is 362 g/mol. The van der Waals surface area contributed by atoms with Crippen molar-refractivity contribution in [2.24, 2.45) is 0 Å². The first-order chi connectivity index (χ1) is 12.6. The second kappa shape index (κ2) is 9.21. The number of carbonyl (C=O) groups is 1. The third-order valence-electron chi connectivity index (χ3n) is 5.60. The maximum Gasteiger partial charge on any atom is 0.319 e. The number of carbonyl (C=O) groups excluding carboxylic acids is 1. The van der Waals surface area contributed by atoms with E-state index in [0.29, 0.717) is 18.3 Å². The molecule has 1 saturated carbocycles. The fourth-order valence-corrected chi connectivity index (χ4v) is 4.06. The van der Waals surface area contributed by atoms with E-state index in [4.69, 9.17) is 0 Å². The molecule has 1 aliphatic carbocycles. The number of urea groups is 1. The van der Waals surface area contributed by atoms with Crippen molar-refractivity contribution in [3.05, 3.63) is 24.0 Å². The van der Waals surface area contributed by atoms with Crippen molar-refractivity contribution < 1.29 is 9.18 Å². The third kappa shape index (κ3) is 5.10. The molecular formula is C20H31FN4O. The second-order valence-corrected chi connectivity index (χ2v) is 7.51. The van der Waals surface area contributed by atoms with Gasteiger partial charge in [-0.25, -0.2) is 9.18 Å². The van der Waals surface area contributed by atoms with Crippen molar-refractivity contribution in [3.8, 4) is 0 Å². The molecule has 5 nitrogen and oxygen atoms in total. The highest BCUT2D eigenvalue weighted by molar-refractivity contribution is 5.93. The Morgan fingerprint density at radius 1 is 1.19 bits per heavy atom. The molecule has 0 bridgehead atoms. The minimum Gasteiger partial charge on any atom is -0.370 e. The molecule has 0 aromatic heterocycles. The Kier molecular flexibility index (Phi) is 6.72. The molecule has 26 heavy (non-hydrogen) atoms. The van der Waals surface area contributed by atoms with Crippen LogP contribution in [0.2, 0.25) is 0 Å². The van der Waals surface area contributed by atoms with Crippen molar-refractivity contribution in [2.75, 3.05) is 43.4 Å². The second-order valence-electron chi connectivity index (χ2n) is 7.51. The maximum absolute atomic E-state index is 13.7. The van der Waals surface area contributed by atoms with Gasteiger partial charge in [-0.3, -0.25) is 0 Å². The van der Waals surface area contributed by atoms with Crippen LogP contribution in [0.4, 0.5) is 20.6 Å². The monoisotopic (exact) mass is 362 g/mol. The van der Waals surface area contributed by atoms with Gasteiger partial charge in [0.1, 0.15) is 5.82 Å². The first-order valence-electron chi connectivity index (χ1n) is 9.93. The van der Waals surface area contributed by atoms with Gasteiger partial charge in [-0.15, -0.1) is 0 Å². The van der Waals surface area contributed by atoms with E-state index in [1.54, 1.807) is 6.07 Å². The van der Waals surface area contributed by atoms with Crippen LogP contribution in [0, 0.1) is 5.82 Å². The molecular weight excluding hydrogens is 331 g/mol. The van der Waals surface area contributed by atoms with Gasteiger partial charge < -0.3 is 20.4 Å². The van der Waals surface area contributed by atoms with E-state index >= 15 is 0 Å². The Labute approximate surface area is 155 Å². The van der Waals surface area contributed by atoms with E-state index in [1.807, 2.05) is 0 Å². The van der Waals surface area contributed by atoms with Crippen LogP contribution in [0.25, 0.3) is 0 Å². The zero-order valence-electron chi connectivity index (χ0n) is 15.8. The number of amides is 2. The van der Waals surface area contributed by atoms with E-state index in [2.05, 4.69) is 27.5 Å². The van der Waals surface area contributed by atoms with Crippen molar-refractivity contribution >= 4 is 17.4 Å². The summed E-state index contributed by atoms with van der Waals surface area (Å²) in [7, 11) is 2.12. The van der Waals surface area contributed by atoms with Gasteiger partial charge in [0.25, 0.3) is 0 Å². The highest BCUT2D eigenvalue weighted by atomic mass is 19.1. The van der Waals surface area contributed by atoms with Gasteiger partial charge in [-0.05, 0) is 57.4 Å². The van der Waals surface area contributed by atoms with Crippen LogP contribution in [-0.2, 0) is 0 Å². The standard InChI is InChI=1S/C20H31FN4O/c1-24(17-7-3-4-8-17)14-11-22-20(26)23-18-15-16(21)9-10-19(18)25-12-5-2-6-13-25/h9-10,15,17H,2-8,11-14H2,1H3,(H2,22,23,26). The number of benzene rings is 1. The lowest BCUT2D eigenvalue weighted by molar-refractivity contribution is 0.235. The first-order valence-corrected chi connectivity index (χ1v) is 9.93. The predicted octanol–water partition coefficient (Wildman–Crippen LogP) is 3.81. The minimum absolute atomic E-state index is 0.270. The summed E-state index contributed by atoms with van der Waals surface area (Å²) >= 11 is 0. The normalized spacial score (nSPS) is 18.3. The van der Waals surface area contributed by atoms with Gasteiger partial charge in [0, 0.05) is 32.2 Å². The summed E-state index contributed by atoms with van der Waals surface area (Å²) in [6, 6.07) is 5.02. The highest BCUT2D eigenvalue weighted by Crippen LogP contribution is 2.29. The number of rotatable bonds is 6. The third-order valence-corrected chi connectivity index (χ3v) is 5.60. The van der Waals surface area contributed by atoms with Crippen LogP contribution in [0.5, 0.6) is 0 Å². The summed E-state index contributed by atoms with van der Waals surface area (Å²) in [5, 5.41) is 5.74. The Balaban J connectivity index is 1.52. The summed E-state index contributed by atoms with van der Waals surface area (Å²) in [5.74, 6) is -0.331. The molecule has 3 rings (SSSR count). The van der Waals surface area contributed by atoms with Gasteiger partial charge >= 0.3 is 6.03 Å². The number of hydrogen-bond donors (Lipinski definition) is 2. The Hall–Kier alpha value is -1.82. The number of likely N-dealkylation sites (N-methyl/N-ethyl adjacent to an activating group) is 1. The van der Waals surface area contributed by atoms with Gasteiger partial charge in [0.15, 0.2) is 0 Å². The Morgan fingerprint density at radius 2 is 1.92 bits per heavy atom. The van der Waals surface area contributed by atoms with E-state index < -0.39 is 0 Å². The van der Waals surface area contributed by atoms with Crippen LogP contribution in [0.15, 0.2) is 18.2 Å². The summed E-state index contributed by atoms with van der Waals surface area (Å²) in [6.07, 6.45) is 8.63. The van der Waals surface area contributed by atoms with Crippen molar-refractivity contribution in [2.45, 2.75) is 51.0 Å². The molecule has 2 amide bonds. The van der Waals surface area contributed by atoms with Crippen molar-refractivity contribution in [1.29, 1.82) is 0 Å². The predicted molar refractivity (Wildman–Crippen MR) is 104 cm³/mol. The zero-order valence-corrected chi connectivity index (χ0v) is 15.8. The summed E-state index contributed by atoms with van der Waals surface area (Å²) in [6.45, 7) is 3.33. The fourth-order valence-electron chi connectivity index (χ4n) is 4.06. The molecule has 144 valence electrons. The molecule has 0 spiro atoms. The average Bonchev–Trinajstić information content (AvgIpc) is 3.17. The van der Waals surface area contributed by atoms with Gasteiger partial charge in [0.05, 0.1) is 11.4 Å². The van der Waals surface area contributed by atoms with E-state index in [0.717, 1.165) is 38.2 Å². The van der Waals surface area contributed by atoms with Crippen molar-refractivity contribution in [1.82, 2.24) is 10.2 Å². The number of anilines is 2. The Bertz CT molecular complexity index is 597. The quantitative estimate of drug-likeness (QED) is 0.809. The number of piperidine rings is 1. The smallest absolute Gasteiger partial charge is 0.319 e. The van der Waals surface area contributed by atoms with Gasteiger partial charge in [-0.2, -0.15) is 0 Å². The molecule has 1 heterocycles. The molecule has 0 atom stereocenters. The number of halogens is 1. The number of nitrogens with zero attached hydrogens (tertiary/aromatic N) is 2. The number of hydrogen-bond acceptors (Lipinski definition) is 3. The summed E-state index contributed by atoms with van der Waals surface area (Å²) in [4.78, 5) is 16.8. The van der Waals surface area contributed by atoms with Crippen molar-refractivity contribution in [3.63, 3.8) is 0 Å². The SMILES string of the molecule is CN(CCNC(=O)Nc1cc(F)ccc1N1CCCCC1)C1CCCC1. The van der Waals surface area contributed by atoms with E-state index in [9.17, 15) is 9.18 Å². The topological polar surface area (TPSA) is 47.6 Å². The Morgan fingerprint density at radius 3 is 2.65 bits per heavy atom. The van der Waals surface area contributed by atoms with E-state index in [1.165, 1.54) is 44.2 Å². The zero-order chi connectivity index (χ0) is 18.4. The molecule has 1 saturated heterocycles. The van der Waals surface area contributed by atoms with Crippen LogP contribution in [-0.4, -0.2) is 50.2 Å². The summed E-state index contributed by atoms with van der Waals surface area (Å²) in [5.41, 5.74) is 1.46. The number of nitrogens with one attached hydrogen (secondary N) is 2. The van der Waals surface area contributed by atoms with Gasteiger partial charge in [0.2, 0.25) is 0 Å². The van der Waals surface area contributed by atoms with E-state index in [-0.39, 0.29) is 11.8 Å². The van der Waals surface area contributed by atoms with Gasteiger partial charge in [-0.1, -0.05) is 12.8 Å². The fraction of sp³-hybridized carbons (Fsp3) is 0.650. The lowest BCUT2D eigenvalue weighted by atomic mass is 10.1.